The van der Waals surface area contributed by atoms with E-state index in [1.807, 2.05) is 24.4 Å². The maximum atomic E-state index is 5.66. The van der Waals surface area contributed by atoms with Crippen LogP contribution in [0.5, 0.6) is 0 Å². The van der Waals surface area contributed by atoms with Gasteiger partial charge < -0.3 is 23.8 Å². The molecule has 0 amide bonds. The molecule has 0 aliphatic carbocycles. The number of aromatic nitrogens is 4. The van der Waals surface area contributed by atoms with E-state index in [4.69, 9.17) is 18.9 Å². The van der Waals surface area contributed by atoms with Gasteiger partial charge in [-0.1, -0.05) is 18.2 Å². The molecule has 0 saturated heterocycles. The van der Waals surface area contributed by atoms with Crippen molar-refractivity contribution < 1.29 is 18.9 Å². The first-order chi connectivity index (χ1) is 16.8. The fraction of sp³-hybridized carbons (Fsp3) is 0.400. The second-order valence-corrected chi connectivity index (χ2v) is 7.37. The third kappa shape index (κ3) is 8.68. The molecule has 0 bridgehead atoms. The fourth-order valence-corrected chi connectivity index (χ4v) is 3.14. The highest BCUT2D eigenvalue weighted by molar-refractivity contribution is 5.69. The van der Waals surface area contributed by atoms with Crippen LogP contribution < -0.4 is 4.90 Å². The van der Waals surface area contributed by atoms with Gasteiger partial charge in [0.25, 0.3) is 0 Å². The van der Waals surface area contributed by atoms with Gasteiger partial charge in [0, 0.05) is 51.6 Å². The molecule has 0 atom stereocenters. The molecule has 34 heavy (non-hydrogen) atoms. The molecule has 9 heteroatoms. The van der Waals surface area contributed by atoms with Gasteiger partial charge in [-0.25, -0.2) is 15.0 Å². The maximum Gasteiger partial charge on any atom is 0.235 e. The fourth-order valence-electron chi connectivity index (χ4n) is 3.14. The number of hydrogen-bond acceptors (Lipinski definition) is 8. The summed E-state index contributed by atoms with van der Waals surface area (Å²) in [5.74, 6) is 0.589. The molecule has 182 valence electrons. The van der Waals surface area contributed by atoms with Crippen LogP contribution in [-0.2, 0) is 18.9 Å². The van der Waals surface area contributed by atoms with Crippen molar-refractivity contribution in [2.24, 2.45) is 0 Å². The van der Waals surface area contributed by atoms with Crippen molar-refractivity contribution in [3.8, 4) is 5.95 Å². The Morgan fingerprint density at radius 2 is 1.53 bits per heavy atom. The minimum atomic E-state index is 0.587. The lowest BCUT2D eigenvalue weighted by Crippen LogP contribution is -2.31. The molecular weight excluding hydrogens is 434 g/mol. The normalized spacial score (nSPS) is 11.4. The number of rotatable bonds is 16. The van der Waals surface area contributed by atoms with E-state index in [0.29, 0.717) is 45.6 Å². The zero-order chi connectivity index (χ0) is 23.8. The predicted molar refractivity (Wildman–Crippen MR) is 132 cm³/mol. The highest BCUT2D eigenvalue weighted by Gasteiger charge is 2.07. The summed E-state index contributed by atoms with van der Waals surface area (Å²) in [4.78, 5) is 15.1. The standard InChI is InChI=1S/C25H33N5O4/c1-31-17-19-33-15-13-29(14-16-34-20-18-32-2)24-7-4-22(5-8-24)3-6-23-9-10-27-25(28-23)30-12-11-26-21-30/h3-12,21H,13-20H2,1-2H3/b6-3+. The lowest BCUT2D eigenvalue weighted by atomic mass is 10.1. The average molecular weight is 468 g/mol. The van der Waals surface area contributed by atoms with E-state index in [9.17, 15) is 0 Å². The third-order valence-corrected chi connectivity index (χ3v) is 4.98. The second-order valence-electron chi connectivity index (χ2n) is 7.37. The maximum absolute atomic E-state index is 5.66. The molecule has 3 aromatic rings. The zero-order valence-electron chi connectivity index (χ0n) is 19.9. The smallest absolute Gasteiger partial charge is 0.235 e. The van der Waals surface area contributed by atoms with Gasteiger partial charge >= 0.3 is 0 Å². The molecule has 3 rings (SSSR count). The van der Waals surface area contributed by atoms with Gasteiger partial charge in [0.15, 0.2) is 0 Å². The molecule has 0 unspecified atom stereocenters. The third-order valence-electron chi connectivity index (χ3n) is 4.98. The van der Waals surface area contributed by atoms with E-state index < -0.39 is 0 Å². The highest BCUT2D eigenvalue weighted by atomic mass is 16.5. The Bertz CT molecular complexity index is 950. The van der Waals surface area contributed by atoms with Crippen molar-refractivity contribution in [3.63, 3.8) is 0 Å². The Morgan fingerprint density at radius 1 is 0.824 bits per heavy atom. The quantitative estimate of drug-likeness (QED) is 0.297. The Hall–Kier alpha value is -3.11. The van der Waals surface area contributed by atoms with Crippen molar-refractivity contribution in [1.82, 2.24) is 19.5 Å². The predicted octanol–water partition coefficient (Wildman–Crippen LogP) is 2.97. The number of anilines is 1. The van der Waals surface area contributed by atoms with Gasteiger partial charge in [-0.2, -0.15) is 0 Å². The van der Waals surface area contributed by atoms with Crippen LogP contribution in [0.2, 0.25) is 0 Å². The summed E-state index contributed by atoms with van der Waals surface area (Å²) in [5, 5.41) is 0. The molecule has 1 aromatic carbocycles. The van der Waals surface area contributed by atoms with E-state index >= 15 is 0 Å². The minimum absolute atomic E-state index is 0.587. The molecule has 0 fully saturated rings. The van der Waals surface area contributed by atoms with E-state index in [1.165, 1.54) is 0 Å². The first kappa shape index (κ1) is 25.5. The summed E-state index contributed by atoms with van der Waals surface area (Å²) < 4.78 is 23.2. The Labute approximate surface area is 201 Å². The van der Waals surface area contributed by atoms with Gasteiger partial charge in [0.1, 0.15) is 6.33 Å². The lowest BCUT2D eigenvalue weighted by Gasteiger charge is -2.25. The SMILES string of the molecule is COCCOCCN(CCOCCOC)c1ccc(/C=C/c2ccnc(-n3ccnc3)n2)cc1. The number of methoxy groups -OCH3 is 2. The van der Waals surface area contributed by atoms with Crippen LogP contribution in [0.3, 0.4) is 0 Å². The van der Waals surface area contributed by atoms with E-state index in [2.05, 4.69) is 44.1 Å². The van der Waals surface area contributed by atoms with Crippen LogP contribution in [-0.4, -0.2) is 86.5 Å². The molecule has 0 N–H and O–H groups in total. The summed E-state index contributed by atoms with van der Waals surface area (Å²) in [6.07, 6.45) is 11.0. The number of nitrogens with zero attached hydrogens (tertiary/aromatic N) is 5. The van der Waals surface area contributed by atoms with Crippen LogP contribution in [0.15, 0.2) is 55.2 Å². The van der Waals surface area contributed by atoms with Crippen molar-refractivity contribution in [3.05, 3.63) is 66.5 Å². The van der Waals surface area contributed by atoms with Gasteiger partial charge in [0.2, 0.25) is 5.95 Å². The number of benzene rings is 1. The number of ether oxygens (including phenoxy) is 4. The molecule has 0 aliphatic heterocycles. The van der Waals surface area contributed by atoms with Crippen LogP contribution >= 0.6 is 0 Å². The molecule has 0 aliphatic rings. The van der Waals surface area contributed by atoms with Crippen molar-refractivity contribution in [1.29, 1.82) is 0 Å². The molecule has 0 saturated carbocycles. The monoisotopic (exact) mass is 467 g/mol. The highest BCUT2D eigenvalue weighted by Crippen LogP contribution is 2.17. The Kier molecular flexibility index (Phi) is 11.2. The van der Waals surface area contributed by atoms with Crippen molar-refractivity contribution in [2.75, 3.05) is 71.9 Å². The van der Waals surface area contributed by atoms with E-state index in [-0.39, 0.29) is 0 Å². The first-order valence-electron chi connectivity index (χ1n) is 11.3. The van der Waals surface area contributed by atoms with Gasteiger partial charge in [-0.05, 0) is 29.8 Å². The number of hydrogen-bond donors (Lipinski definition) is 0. The summed E-state index contributed by atoms with van der Waals surface area (Å²) >= 11 is 0. The van der Waals surface area contributed by atoms with Crippen LogP contribution in [0.4, 0.5) is 5.69 Å². The molecule has 2 aromatic heterocycles. The largest absolute Gasteiger partial charge is 0.382 e. The number of imidazole rings is 1. The van der Waals surface area contributed by atoms with Crippen LogP contribution in [0.25, 0.3) is 18.1 Å². The Morgan fingerprint density at radius 3 is 2.15 bits per heavy atom. The molecular formula is C25H33N5O4. The van der Waals surface area contributed by atoms with E-state index in [1.54, 1.807) is 37.5 Å². The summed E-state index contributed by atoms with van der Waals surface area (Å²) in [6, 6.07) is 10.3. The van der Waals surface area contributed by atoms with Gasteiger partial charge in [-0.15, -0.1) is 0 Å². The molecule has 0 radical (unpaired) electrons. The lowest BCUT2D eigenvalue weighted by molar-refractivity contribution is 0.0677. The molecule has 0 spiro atoms. The Balaban J connectivity index is 1.59. The second kappa shape index (κ2) is 14.9. The molecule has 9 nitrogen and oxygen atoms in total. The summed E-state index contributed by atoms with van der Waals surface area (Å²) in [6.45, 7) is 5.14. The van der Waals surface area contributed by atoms with Crippen LogP contribution in [0.1, 0.15) is 11.3 Å². The summed E-state index contributed by atoms with van der Waals surface area (Å²) in [5.41, 5.74) is 3.03. The topological polar surface area (TPSA) is 83.8 Å². The van der Waals surface area contributed by atoms with Crippen molar-refractivity contribution in [2.45, 2.75) is 0 Å². The van der Waals surface area contributed by atoms with Crippen LogP contribution in [0, 0.1) is 0 Å². The minimum Gasteiger partial charge on any atom is -0.382 e. The first-order valence-corrected chi connectivity index (χ1v) is 11.3. The van der Waals surface area contributed by atoms with Crippen molar-refractivity contribution >= 4 is 17.8 Å². The average Bonchev–Trinajstić information content (AvgIpc) is 3.42. The van der Waals surface area contributed by atoms with E-state index in [0.717, 1.165) is 30.0 Å². The van der Waals surface area contributed by atoms with Gasteiger partial charge in [-0.3, -0.25) is 4.57 Å². The molecule has 2 heterocycles. The zero-order valence-corrected chi connectivity index (χ0v) is 19.9. The summed E-state index contributed by atoms with van der Waals surface area (Å²) in [7, 11) is 3.35. The van der Waals surface area contributed by atoms with Gasteiger partial charge in [0.05, 0.1) is 45.3 Å².